The molecule has 1 N–H and O–H groups in total. The molecule has 6 heteroatoms. The van der Waals surface area contributed by atoms with Gasteiger partial charge in [-0.3, -0.25) is 4.99 Å². The van der Waals surface area contributed by atoms with Crippen LogP contribution in [0.25, 0.3) is 0 Å². The molecular formula is C13H22N4OS. The Morgan fingerprint density at radius 3 is 3.16 bits per heavy atom. The topological polar surface area (TPSA) is 49.8 Å². The van der Waals surface area contributed by atoms with E-state index in [0.29, 0.717) is 5.92 Å². The lowest BCUT2D eigenvalue weighted by atomic mass is 10.1. The van der Waals surface area contributed by atoms with Gasteiger partial charge in [0, 0.05) is 38.0 Å². The van der Waals surface area contributed by atoms with Crippen molar-refractivity contribution in [2.45, 2.75) is 19.9 Å². The summed E-state index contributed by atoms with van der Waals surface area (Å²) < 4.78 is 5.23. The Labute approximate surface area is 118 Å². The van der Waals surface area contributed by atoms with Crippen LogP contribution in [0.2, 0.25) is 0 Å². The molecule has 106 valence electrons. The Morgan fingerprint density at radius 2 is 2.53 bits per heavy atom. The van der Waals surface area contributed by atoms with Crippen molar-refractivity contribution in [2.75, 3.05) is 33.9 Å². The van der Waals surface area contributed by atoms with Crippen LogP contribution in [0.3, 0.4) is 0 Å². The van der Waals surface area contributed by atoms with Crippen molar-refractivity contribution in [2.24, 2.45) is 10.9 Å². The number of aryl methyl sites for hydroxylation is 1. The quantitative estimate of drug-likeness (QED) is 0.671. The Hall–Kier alpha value is -1.14. The number of methoxy groups -OCH3 is 1. The van der Waals surface area contributed by atoms with Gasteiger partial charge in [-0.25, -0.2) is 4.98 Å². The van der Waals surface area contributed by atoms with Crippen molar-refractivity contribution >= 4 is 17.3 Å². The Bertz CT molecular complexity index is 432. The molecule has 5 nitrogen and oxygen atoms in total. The molecule has 2 rings (SSSR count). The van der Waals surface area contributed by atoms with Crippen LogP contribution in [0.15, 0.2) is 10.5 Å². The van der Waals surface area contributed by atoms with Gasteiger partial charge in [-0.2, -0.15) is 0 Å². The van der Waals surface area contributed by atoms with Crippen molar-refractivity contribution in [1.29, 1.82) is 0 Å². The molecule has 0 amide bonds. The summed E-state index contributed by atoms with van der Waals surface area (Å²) in [5.74, 6) is 1.60. The van der Waals surface area contributed by atoms with Crippen molar-refractivity contribution in [3.8, 4) is 0 Å². The van der Waals surface area contributed by atoms with E-state index in [9.17, 15) is 0 Å². The first-order chi connectivity index (χ1) is 9.24. The Morgan fingerprint density at radius 1 is 1.68 bits per heavy atom. The number of nitrogens with one attached hydrogen (secondary N) is 1. The molecule has 0 spiro atoms. The lowest BCUT2D eigenvalue weighted by molar-refractivity contribution is 0.157. The molecule has 1 aliphatic rings. The summed E-state index contributed by atoms with van der Waals surface area (Å²) in [4.78, 5) is 12.2. The predicted octanol–water partition coefficient (Wildman–Crippen LogP) is 1.50. The Kier molecular flexibility index (Phi) is 5.15. The number of hydrogen-bond donors (Lipinski definition) is 1. The summed E-state index contributed by atoms with van der Waals surface area (Å²) in [6.45, 7) is 5.75. The molecule has 0 aromatic carbocycles. The first kappa shape index (κ1) is 14.3. The predicted molar refractivity (Wildman–Crippen MR) is 78.6 cm³/mol. The fraction of sp³-hybridized carbons (Fsp3) is 0.692. The first-order valence-electron chi connectivity index (χ1n) is 6.58. The summed E-state index contributed by atoms with van der Waals surface area (Å²) in [6, 6.07) is 0. The normalized spacial score (nSPS) is 20.1. The van der Waals surface area contributed by atoms with Gasteiger partial charge >= 0.3 is 0 Å². The average Bonchev–Trinajstić information content (AvgIpc) is 3.01. The minimum atomic E-state index is 0.619. The summed E-state index contributed by atoms with van der Waals surface area (Å²) in [5, 5.41) is 3.42. The number of rotatable bonds is 4. The van der Waals surface area contributed by atoms with Gasteiger partial charge in [0.15, 0.2) is 5.96 Å². The van der Waals surface area contributed by atoms with E-state index in [1.807, 2.05) is 19.5 Å². The number of nitrogens with zero attached hydrogens (tertiary/aromatic N) is 3. The summed E-state index contributed by atoms with van der Waals surface area (Å²) in [5.41, 5.74) is 2.99. The second-order valence-electron chi connectivity index (χ2n) is 4.82. The van der Waals surface area contributed by atoms with E-state index in [1.165, 1.54) is 11.3 Å². The van der Waals surface area contributed by atoms with Crippen molar-refractivity contribution in [1.82, 2.24) is 15.2 Å². The number of aliphatic imine (C=N–C) groups is 1. The molecule has 19 heavy (non-hydrogen) atoms. The van der Waals surface area contributed by atoms with Gasteiger partial charge in [0.25, 0.3) is 0 Å². The fourth-order valence-corrected chi connectivity index (χ4v) is 3.10. The number of likely N-dealkylation sites (tertiary alicyclic amines) is 1. The minimum absolute atomic E-state index is 0.619. The molecule has 0 bridgehead atoms. The standard InChI is InChI=1S/C13H22N4OS/c1-10-12(19-9-16-10)6-15-13(14-2)17-5-4-11(7-17)8-18-3/h9,11H,4-8H2,1-3H3,(H,14,15). The van der Waals surface area contributed by atoms with Crippen LogP contribution in [0.1, 0.15) is 17.0 Å². The van der Waals surface area contributed by atoms with Gasteiger partial charge in [0.2, 0.25) is 0 Å². The molecule has 0 aliphatic carbocycles. The van der Waals surface area contributed by atoms with E-state index in [1.54, 1.807) is 18.4 Å². The van der Waals surface area contributed by atoms with Gasteiger partial charge < -0.3 is 15.0 Å². The highest BCUT2D eigenvalue weighted by molar-refractivity contribution is 7.09. The molecule has 1 aromatic heterocycles. The van der Waals surface area contributed by atoms with Gasteiger partial charge in [-0.05, 0) is 13.3 Å². The van der Waals surface area contributed by atoms with Gasteiger partial charge in [0.05, 0.1) is 24.4 Å². The molecule has 1 fully saturated rings. The van der Waals surface area contributed by atoms with E-state index in [0.717, 1.165) is 37.9 Å². The zero-order chi connectivity index (χ0) is 13.7. The molecule has 1 saturated heterocycles. The highest BCUT2D eigenvalue weighted by atomic mass is 32.1. The highest BCUT2D eigenvalue weighted by Gasteiger charge is 2.24. The van der Waals surface area contributed by atoms with Gasteiger partial charge in [0.1, 0.15) is 0 Å². The van der Waals surface area contributed by atoms with E-state index in [-0.39, 0.29) is 0 Å². The van der Waals surface area contributed by atoms with Crippen LogP contribution >= 0.6 is 11.3 Å². The number of hydrogen-bond acceptors (Lipinski definition) is 4. The average molecular weight is 282 g/mol. The van der Waals surface area contributed by atoms with E-state index < -0.39 is 0 Å². The van der Waals surface area contributed by atoms with Crippen molar-refractivity contribution < 1.29 is 4.74 Å². The second-order valence-corrected chi connectivity index (χ2v) is 5.76. The van der Waals surface area contributed by atoms with Gasteiger partial charge in [-0.1, -0.05) is 0 Å². The molecule has 1 atom stereocenters. The molecule has 0 saturated carbocycles. The fourth-order valence-electron chi connectivity index (χ4n) is 2.38. The monoisotopic (exact) mass is 282 g/mol. The maximum absolute atomic E-state index is 5.23. The minimum Gasteiger partial charge on any atom is -0.384 e. The molecule has 1 unspecified atom stereocenters. The third-order valence-corrected chi connectivity index (χ3v) is 4.39. The smallest absolute Gasteiger partial charge is 0.193 e. The summed E-state index contributed by atoms with van der Waals surface area (Å²) >= 11 is 1.69. The third-order valence-electron chi connectivity index (χ3n) is 3.45. The van der Waals surface area contributed by atoms with Crippen LogP contribution in [-0.2, 0) is 11.3 Å². The van der Waals surface area contributed by atoms with Crippen LogP contribution in [-0.4, -0.2) is 49.7 Å². The number of guanidine groups is 1. The Balaban J connectivity index is 1.86. The number of thiazole rings is 1. The summed E-state index contributed by atoms with van der Waals surface area (Å²) in [6.07, 6.45) is 1.17. The van der Waals surface area contributed by atoms with E-state index in [2.05, 4.69) is 20.2 Å². The molecule has 2 heterocycles. The maximum atomic E-state index is 5.23. The van der Waals surface area contributed by atoms with Gasteiger partial charge in [-0.15, -0.1) is 11.3 Å². The second kappa shape index (κ2) is 6.86. The summed E-state index contributed by atoms with van der Waals surface area (Å²) in [7, 11) is 3.60. The SMILES string of the molecule is CN=C(NCc1scnc1C)N1CCC(COC)C1. The molecular weight excluding hydrogens is 260 g/mol. The lowest BCUT2D eigenvalue weighted by Crippen LogP contribution is -2.39. The van der Waals surface area contributed by atoms with Crippen LogP contribution < -0.4 is 5.32 Å². The van der Waals surface area contributed by atoms with Crippen molar-refractivity contribution in [3.63, 3.8) is 0 Å². The third kappa shape index (κ3) is 3.67. The van der Waals surface area contributed by atoms with Crippen molar-refractivity contribution in [3.05, 3.63) is 16.1 Å². The van der Waals surface area contributed by atoms with Crippen LogP contribution in [0.4, 0.5) is 0 Å². The molecule has 1 aromatic rings. The first-order valence-corrected chi connectivity index (χ1v) is 7.46. The number of aromatic nitrogens is 1. The zero-order valence-corrected chi connectivity index (χ0v) is 12.7. The maximum Gasteiger partial charge on any atom is 0.193 e. The van der Waals surface area contributed by atoms with Crippen LogP contribution in [0.5, 0.6) is 0 Å². The van der Waals surface area contributed by atoms with E-state index >= 15 is 0 Å². The lowest BCUT2D eigenvalue weighted by Gasteiger charge is -2.21. The largest absolute Gasteiger partial charge is 0.384 e. The van der Waals surface area contributed by atoms with E-state index in [4.69, 9.17) is 4.74 Å². The highest BCUT2D eigenvalue weighted by Crippen LogP contribution is 2.17. The number of ether oxygens (including phenoxy) is 1. The zero-order valence-electron chi connectivity index (χ0n) is 11.8. The molecule has 0 radical (unpaired) electrons. The van der Waals surface area contributed by atoms with Crippen LogP contribution in [0, 0.1) is 12.8 Å². The molecule has 1 aliphatic heterocycles.